The van der Waals surface area contributed by atoms with Gasteiger partial charge in [0, 0.05) is 49.7 Å². The second-order valence-electron chi connectivity index (χ2n) is 6.65. The molecular formula is C18H22N4O4S. The molecule has 0 aliphatic carbocycles. The van der Waals surface area contributed by atoms with Crippen LogP contribution in [-0.2, 0) is 10.0 Å². The summed E-state index contributed by atoms with van der Waals surface area (Å²) in [5.41, 5.74) is 1.64. The van der Waals surface area contributed by atoms with E-state index in [1.807, 2.05) is 12.1 Å². The van der Waals surface area contributed by atoms with E-state index in [0.717, 1.165) is 37.9 Å². The van der Waals surface area contributed by atoms with Crippen LogP contribution in [0, 0.1) is 17.0 Å². The standard InChI is InChI=1S/C18H22N4O4S/c1-14-3-6-17(22(23)24)13-18(14)27(25,26)19-15-4-7-16(8-5-15)21-11-9-20(2)10-12-21/h3-8,13,19H,9-12H2,1-2H3. The molecule has 0 amide bonds. The van der Waals surface area contributed by atoms with Gasteiger partial charge in [0.15, 0.2) is 0 Å². The number of nitrogens with one attached hydrogen (secondary N) is 1. The molecule has 1 heterocycles. The molecular weight excluding hydrogens is 368 g/mol. The van der Waals surface area contributed by atoms with Crippen LogP contribution < -0.4 is 9.62 Å². The molecule has 3 rings (SSSR count). The fourth-order valence-electron chi connectivity index (χ4n) is 3.01. The number of hydrogen-bond donors (Lipinski definition) is 1. The lowest BCUT2D eigenvalue weighted by atomic mass is 10.2. The van der Waals surface area contributed by atoms with Crippen molar-refractivity contribution < 1.29 is 13.3 Å². The zero-order valence-corrected chi connectivity index (χ0v) is 16.1. The molecule has 0 saturated carbocycles. The van der Waals surface area contributed by atoms with Crippen molar-refractivity contribution in [2.75, 3.05) is 42.8 Å². The first kappa shape index (κ1) is 19.1. The van der Waals surface area contributed by atoms with Crippen LogP contribution in [0.1, 0.15) is 5.56 Å². The van der Waals surface area contributed by atoms with E-state index in [9.17, 15) is 18.5 Å². The van der Waals surface area contributed by atoms with Crippen LogP contribution in [-0.4, -0.2) is 51.5 Å². The highest BCUT2D eigenvalue weighted by Crippen LogP contribution is 2.25. The summed E-state index contributed by atoms with van der Waals surface area (Å²) in [6.07, 6.45) is 0. The van der Waals surface area contributed by atoms with E-state index in [1.54, 1.807) is 19.1 Å². The van der Waals surface area contributed by atoms with Gasteiger partial charge in [-0.05, 0) is 43.8 Å². The Morgan fingerprint density at radius 1 is 1.04 bits per heavy atom. The minimum absolute atomic E-state index is 0.0974. The molecule has 0 bridgehead atoms. The minimum Gasteiger partial charge on any atom is -0.369 e. The number of non-ortho nitro benzene ring substituents is 1. The van der Waals surface area contributed by atoms with Crippen molar-refractivity contribution in [1.82, 2.24) is 4.90 Å². The van der Waals surface area contributed by atoms with Crippen molar-refractivity contribution in [2.24, 2.45) is 0 Å². The zero-order chi connectivity index (χ0) is 19.6. The molecule has 1 N–H and O–H groups in total. The van der Waals surface area contributed by atoms with Crippen molar-refractivity contribution in [3.8, 4) is 0 Å². The second-order valence-corrected chi connectivity index (χ2v) is 8.30. The third-order valence-corrected chi connectivity index (χ3v) is 6.18. The second kappa shape index (κ2) is 7.53. The number of nitro groups is 1. The quantitative estimate of drug-likeness (QED) is 0.622. The van der Waals surface area contributed by atoms with Crippen molar-refractivity contribution in [3.63, 3.8) is 0 Å². The van der Waals surface area contributed by atoms with E-state index in [-0.39, 0.29) is 10.6 Å². The molecule has 1 aliphatic rings. The number of piperazine rings is 1. The van der Waals surface area contributed by atoms with Gasteiger partial charge >= 0.3 is 0 Å². The maximum Gasteiger partial charge on any atom is 0.270 e. The first-order chi connectivity index (χ1) is 12.8. The van der Waals surface area contributed by atoms with E-state index in [0.29, 0.717) is 11.3 Å². The lowest BCUT2D eigenvalue weighted by Gasteiger charge is -2.34. The third-order valence-electron chi connectivity index (χ3n) is 4.66. The number of anilines is 2. The van der Waals surface area contributed by atoms with Gasteiger partial charge in [0.05, 0.1) is 9.82 Å². The van der Waals surface area contributed by atoms with Gasteiger partial charge < -0.3 is 9.80 Å². The van der Waals surface area contributed by atoms with Crippen molar-refractivity contribution in [1.29, 1.82) is 0 Å². The van der Waals surface area contributed by atoms with Crippen LogP contribution in [0.2, 0.25) is 0 Å². The largest absolute Gasteiger partial charge is 0.369 e. The fourth-order valence-corrected chi connectivity index (χ4v) is 4.33. The molecule has 0 unspecified atom stereocenters. The molecule has 8 nitrogen and oxygen atoms in total. The molecule has 144 valence electrons. The summed E-state index contributed by atoms with van der Waals surface area (Å²) in [6.45, 7) is 5.43. The van der Waals surface area contributed by atoms with Crippen LogP contribution >= 0.6 is 0 Å². The summed E-state index contributed by atoms with van der Waals surface area (Å²) in [4.78, 5) is 14.8. The maximum atomic E-state index is 12.7. The Balaban J connectivity index is 1.78. The monoisotopic (exact) mass is 390 g/mol. The lowest BCUT2D eigenvalue weighted by Crippen LogP contribution is -2.44. The zero-order valence-electron chi connectivity index (χ0n) is 15.3. The molecule has 1 aliphatic heterocycles. The molecule has 27 heavy (non-hydrogen) atoms. The predicted molar refractivity (Wildman–Crippen MR) is 105 cm³/mol. The van der Waals surface area contributed by atoms with Crippen LogP contribution in [0.15, 0.2) is 47.4 Å². The normalized spacial score (nSPS) is 15.6. The summed E-state index contributed by atoms with van der Waals surface area (Å²) in [5.74, 6) is 0. The third kappa shape index (κ3) is 4.37. The summed E-state index contributed by atoms with van der Waals surface area (Å²) < 4.78 is 27.8. The molecule has 0 spiro atoms. The maximum absolute atomic E-state index is 12.7. The smallest absolute Gasteiger partial charge is 0.270 e. The van der Waals surface area contributed by atoms with Crippen LogP contribution in [0.3, 0.4) is 0 Å². The van der Waals surface area contributed by atoms with Gasteiger partial charge in [-0.25, -0.2) is 8.42 Å². The number of likely N-dealkylation sites (N-methyl/N-ethyl adjacent to an activating group) is 1. The number of sulfonamides is 1. The first-order valence-electron chi connectivity index (χ1n) is 8.58. The van der Waals surface area contributed by atoms with Gasteiger partial charge in [0.25, 0.3) is 15.7 Å². The number of rotatable bonds is 5. The number of nitrogens with zero attached hydrogens (tertiary/aromatic N) is 3. The molecule has 9 heteroatoms. The van der Waals surface area contributed by atoms with Crippen LogP contribution in [0.5, 0.6) is 0 Å². The van der Waals surface area contributed by atoms with Gasteiger partial charge in [-0.2, -0.15) is 0 Å². The van der Waals surface area contributed by atoms with Crippen molar-refractivity contribution >= 4 is 27.1 Å². The summed E-state index contributed by atoms with van der Waals surface area (Å²) in [7, 11) is -1.83. The highest BCUT2D eigenvalue weighted by atomic mass is 32.2. The van der Waals surface area contributed by atoms with Gasteiger partial charge in [-0.15, -0.1) is 0 Å². The molecule has 0 radical (unpaired) electrons. The average molecular weight is 390 g/mol. The summed E-state index contributed by atoms with van der Waals surface area (Å²) in [5, 5.41) is 10.9. The van der Waals surface area contributed by atoms with E-state index in [1.165, 1.54) is 12.1 Å². The highest BCUT2D eigenvalue weighted by molar-refractivity contribution is 7.92. The molecule has 1 saturated heterocycles. The molecule has 2 aromatic rings. The first-order valence-corrected chi connectivity index (χ1v) is 10.1. The SMILES string of the molecule is Cc1ccc([N+](=O)[O-])cc1S(=O)(=O)Nc1ccc(N2CCN(C)CC2)cc1. The fraction of sp³-hybridized carbons (Fsp3) is 0.333. The van der Waals surface area contributed by atoms with Gasteiger partial charge in [-0.3, -0.25) is 14.8 Å². The Bertz CT molecular complexity index is 936. The van der Waals surface area contributed by atoms with Crippen molar-refractivity contribution in [3.05, 3.63) is 58.1 Å². The van der Waals surface area contributed by atoms with E-state index < -0.39 is 14.9 Å². The van der Waals surface area contributed by atoms with Crippen LogP contribution in [0.25, 0.3) is 0 Å². The Morgan fingerprint density at radius 2 is 1.67 bits per heavy atom. The van der Waals surface area contributed by atoms with E-state index in [4.69, 9.17) is 0 Å². The van der Waals surface area contributed by atoms with E-state index >= 15 is 0 Å². The molecule has 0 aromatic heterocycles. The number of benzene rings is 2. The van der Waals surface area contributed by atoms with Gasteiger partial charge in [-0.1, -0.05) is 6.07 Å². The lowest BCUT2D eigenvalue weighted by molar-refractivity contribution is -0.385. The summed E-state index contributed by atoms with van der Waals surface area (Å²) in [6, 6.07) is 11.0. The molecule has 0 atom stereocenters. The summed E-state index contributed by atoms with van der Waals surface area (Å²) >= 11 is 0. The Morgan fingerprint density at radius 3 is 2.26 bits per heavy atom. The molecule has 1 fully saturated rings. The highest BCUT2D eigenvalue weighted by Gasteiger charge is 2.21. The minimum atomic E-state index is -3.92. The van der Waals surface area contributed by atoms with Gasteiger partial charge in [0.1, 0.15) is 0 Å². The van der Waals surface area contributed by atoms with E-state index in [2.05, 4.69) is 21.6 Å². The Labute approximate surface area is 158 Å². The Kier molecular flexibility index (Phi) is 5.33. The van der Waals surface area contributed by atoms with Gasteiger partial charge in [0.2, 0.25) is 0 Å². The molecule has 2 aromatic carbocycles. The number of aryl methyl sites for hydroxylation is 1. The van der Waals surface area contributed by atoms with Crippen molar-refractivity contribution in [2.45, 2.75) is 11.8 Å². The van der Waals surface area contributed by atoms with Crippen LogP contribution in [0.4, 0.5) is 17.1 Å². The topological polar surface area (TPSA) is 95.8 Å². The average Bonchev–Trinajstić information content (AvgIpc) is 2.63. The number of hydrogen-bond acceptors (Lipinski definition) is 6. The Hall–Kier alpha value is -2.65. The predicted octanol–water partition coefficient (Wildman–Crippen LogP) is 2.46. The number of nitro benzene ring substituents is 1.